The van der Waals surface area contributed by atoms with Crippen molar-refractivity contribution in [3.8, 4) is 0 Å². The molecule has 1 saturated heterocycles. The number of aromatic nitrogens is 3. The molecule has 0 aliphatic carbocycles. The van der Waals surface area contributed by atoms with Gasteiger partial charge in [-0.05, 0) is 25.7 Å². The number of piperidine rings is 1. The summed E-state index contributed by atoms with van der Waals surface area (Å²) in [6, 6.07) is -0.0434. The molecule has 1 aromatic rings. The predicted octanol–water partition coefficient (Wildman–Crippen LogP) is 1.03. The van der Waals surface area contributed by atoms with Crippen LogP contribution in [0.15, 0.2) is 0 Å². The van der Waals surface area contributed by atoms with E-state index in [1.54, 1.807) is 0 Å². The van der Waals surface area contributed by atoms with E-state index in [1.807, 2.05) is 30.4 Å². The van der Waals surface area contributed by atoms with Crippen LogP contribution in [0.5, 0.6) is 0 Å². The van der Waals surface area contributed by atoms with Crippen molar-refractivity contribution in [2.24, 2.45) is 5.92 Å². The molecule has 9 heteroatoms. The van der Waals surface area contributed by atoms with Crippen LogP contribution in [0.1, 0.15) is 51.4 Å². The third-order valence-electron chi connectivity index (χ3n) is 5.07. The number of likely N-dealkylation sites (tertiary alicyclic amines) is 1. The molecule has 1 fully saturated rings. The lowest BCUT2D eigenvalue weighted by Gasteiger charge is -2.44. The molecule has 0 bridgehead atoms. The third kappa shape index (κ3) is 4.58. The second-order valence-corrected chi connectivity index (χ2v) is 7.85. The van der Waals surface area contributed by atoms with Crippen LogP contribution in [0.25, 0.3) is 0 Å². The Balaban J connectivity index is 1.63. The number of urea groups is 1. The number of rotatable bonds is 5. The van der Waals surface area contributed by atoms with Gasteiger partial charge in [0.1, 0.15) is 11.3 Å². The van der Waals surface area contributed by atoms with Crippen molar-refractivity contribution < 1.29 is 14.3 Å². The number of fused-ring (bicyclic) bond motifs is 1. The zero-order valence-corrected chi connectivity index (χ0v) is 16.5. The summed E-state index contributed by atoms with van der Waals surface area (Å²) >= 11 is 0. The van der Waals surface area contributed by atoms with Gasteiger partial charge in [-0.15, -0.1) is 5.10 Å². The number of ether oxygens (including phenoxy) is 1. The summed E-state index contributed by atoms with van der Waals surface area (Å²) in [5, 5.41) is 14.3. The van der Waals surface area contributed by atoms with Crippen molar-refractivity contribution in [2.45, 2.75) is 65.3 Å². The van der Waals surface area contributed by atoms with Crippen LogP contribution in [0.2, 0.25) is 0 Å². The molecule has 3 amide bonds. The first-order valence-corrected chi connectivity index (χ1v) is 9.77. The van der Waals surface area contributed by atoms with Crippen LogP contribution < -0.4 is 10.6 Å². The summed E-state index contributed by atoms with van der Waals surface area (Å²) < 4.78 is 8.10. The molecule has 2 aliphatic heterocycles. The highest BCUT2D eigenvalue weighted by Crippen LogP contribution is 2.32. The molecule has 2 N–H and O–H groups in total. The number of hydrogen-bond donors (Lipinski definition) is 2. The van der Waals surface area contributed by atoms with Crippen molar-refractivity contribution in [1.82, 2.24) is 30.5 Å². The first kappa shape index (κ1) is 19.6. The van der Waals surface area contributed by atoms with Gasteiger partial charge in [0.15, 0.2) is 0 Å². The Morgan fingerprint density at radius 1 is 1.30 bits per heavy atom. The Bertz CT molecular complexity index is 689. The quantitative estimate of drug-likeness (QED) is 0.797. The van der Waals surface area contributed by atoms with Crippen LogP contribution >= 0.6 is 0 Å². The van der Waals surface area contributed by atoms with Crippen LogP contribution in [-0.4, -0.2) is 57.1 Å². The van der Waals surface area contributed by atoms with Gasteiger partial charge < -0.3 is 20.3 Å². The molecule has 1 atom stereocenters. The van der Waals surface area contributed by atoms with Crippen molar-refractivity contribution >= 4 is 11.9 Å². The predicted molar refractivity (Wildman–Crippen MR) is 98.7 cm³/mol. The standard InChI is InChI=1S/C18H30N6O3/c1-4-19-17(26)23-7-5-6-18(11-23)12-24-15(10-27-18)14(21-22-24)9-20-16(25)8-13(2)3/h13H,4-12H2,1-3H3,(H,19,26)(H,20,25). The van der Waals surface area contributed by atoms with E-state index in [-0.39, 0.29) is 11.9 Å². The smallest absolute Gasteiger partial charge is 0.317 e. The van der Waals surface area contributed by atoms with Gasteiger partial charge in [0, 0.05) is 19.5 Å². The van der Waals surface area contributed by atoms with Gasteiger partial charge in [-0.25, -0.2) is 9.48 Å². The molecule has 0 radical (unpaired) electrons. The molecule has 0 aromatic carbocycles. The molecule has 0 saturated carbocycles. The number of carbonyl (C=O) groups is 2. The molecule has 2 aliphatic rings. The molecule has 1 unspecified atom stereocenters. The summed E-state index contributed by atoms with van der Waals surface area (Å²) in [5.74, 6) is 0.339. The van der Waals surface area contributed by atoms with Crippen LogP contribution in [0, 0.1) is 5.92 Å². The largest absolute Gasteiger partial charge is 0.365 e. The minimum atomic E-state index is -0.414. The zero-order chi connectivity index (χ0) is 19.4. The van der Waals surface area contributed by atoms with Crippen molar-refractivity contribution in [3.05, 3.63) is 11.4 Å². The summed E-state index contributed by atoms with van der Waals surface area (Å²) in [6.45, 7) is 9.19. The van der Waals surface area contributed by atoms with E-state index in [0.29, 0.717) is 45.1 Å². The van der Waals surface area contributed by atoms with E-state index in [4.69, 9.17) is 4.74 Å². The lowest BCUT2D eigenvalue weighted by atomic mass is 9.91. The second-order valence-electron chi connectivity index (χ2n) is 7.85. The van der Waals surface area contributed by atoms with Gasteiger partial charge in [0.05, 0.1) is 31.9 Å². The van der Waals surface area contributed by atoms with Gasteiger partial charge >= 0.3 is 6.03 Å². The minimum absolute atomic E-state index is 0.0183. The number of hydrogen-bond acceptors (Lipinski definition) is 5. The maximum absolute atomic E-state index is 12.2. The zero-order valence-electron chi connectivity index (χ0n) is 16.5. The average molecular weight is 378 g/mol. The van der Waals surface area contributed by atoms with Crippen molar-refractivity contribution in [3.63, 3.8) is 0 Å². The van der Waals surface area contributed by atoms with E-state index in [0.717, 1.165) is 30.8 Å². The van der Waals surface area contributed by atoms with Gasteiger partial charge in [-0.1, -0.05) is 19.1 Å². The maximum Gasteiger partial charge on any atom is 0.317 e. The maximum atomic E-state index is 12.2. The first-order valence-electron chi connectivity index (χ1n) is 9.77. The summed E-state index contributed by atoms with van der Waals surface area (Å²) in [6.07, 6.45) is 2.29. The van der Waals surface area contributed by atoms with Gasteiger partial charge in [-0.3, -0.25) is 4.79 Å². The first-order chi connectivity index (χ1) is 12.9. The number of nitrogens with one attached hydrogen (secondary N) is 2. The highest BCUT2D eigenvalue weighted by molar-refractivity contribution is 5.76. The fraction of sp³-hybridized carbons (Fsp3) is 0.778. The van der Waals surface area contributed by atoms with E-state index in [1.165, 1.54) is 0 Å². The molecule has 3 heterocycles. The minimum Gasteiger partial charge on any atom is -0.365 e. The van der Waals surface area contributed by atoms with Gasteiger partial charge in [0.25, 0.3) is 0 Å². The Morgan fingerprint density at radius 2 is 2.11 bits per heavy atom. The topological polar surface area (TPSA) is 101 Å². The van der Waals surface area contributed by atoms with Crippen LogP contribution in [0.4, 0.5) is 4.79 Å². The van der Waals surface area contributed by atoms with Gasteiger partial charge in [0.2, 0.25) is 5.91 Å². The number of nitrogens with zero attached hydrogens (tertiary/aromatic N) is 4. The van der Waals surface area contributed by atoms with Gasteiger partial charge in [-0.2, -0.15) is 0 Å². The second kappa shape index (κ2) is 8.24. The molecular weight excluding hydrogens is 348 g/mol. The normalized spacial score (nSPS) is 22.0. The molecule has 27 heavy (non-hydrogen) atoms. The van der Waals surface area contributed by atoms with Crippen molar-refractivity contribution in [1.29, 1.82) is 0 Å². The number of amides is 3. The third-order valence-corrected chi connectivity index (χ3v) is 5.07. The molecular formula is C18H30N6O3. The number of carbonyl (C=O) groups excluding carboxylic acids is 2. The lowest BCUT2D eigenvalue weighted by Crippen LogP contribution is -2.57. The molecule has 9 nitrogen and oxygen atoms in total. The van der Waals surface area contributed by atoms with Crippen LogP contribution in [0.3, 0.4) is 0 Å². The molecule has 1 spiro atoms. The Hall–Kier alpha value is -2.16. The monoisotopic (exact) mass is 378 g/mol. The Kier molecular flexibility index (Phi) is 5.98. The van der Waals surface area contributed by atoms with E-state index in [2.05, 4.69) is 20.9 Å². The summed E-state index contributed by atoms with van der Waals surface area (Å²) in [7, 11) is 0. The molecule has 3 rings (SSSR count). The van der Waals surface area contributed by atoms with Crippen LogP contribution in [-0.2, 0) is 29.2 Å². The van der Waals surface area contributed by atoms with E-state index >= 15 is 0 Å². The summed E-state index contributed by atoms with van der Waals surface area (Å²) in [5.41, 5.74) is 1.24. The molecule has 1 aromatic heterocycles. The highest BCUT2D eigenvalue weighted by Gasteiger charge is 2.42. The fourth-order valence-corrected chi connectivity index (χ4v) is 3.74. The SMILES string of the molecule is CCNC(=O)N1CCCC2(C1)Cn1nnc(CNC(=O)CC(C)C)c1CO2. The lowest BCUT2D eigenvalue weighted by molar-refractivity contribution is -0.123. The molecule has 150 valence electrons. The van der Waals surface area contributed by atoms with E-state index < -0.39 is 5.60 Å². The van der Waals surface area contributed by atoms with Crippen molar-refractivity contribution in [2.75, 3.05) is 19.6 Å². The Morgan fingerprint density at radius 3 is 2.85 bits per heavy atom. The highest BCUT2D eigenvalue weighted by atomic mass is 16.5. The summed E-state index contributed by atoms with van der Waals surface area (Å²) in [4.78, 5) is 25.9. The average Bonchev–Trinajstić information content (AvgIpc) is 3.01. The fourth-order valence-electron chi connectivity index (χ4n) is 3.74. The van der Waals surface area contributed by atoms with E-state index in [9.17, 15) is 9.59 Å². The Labute approximate surface area is 159 Å².